The van der Waals surface area contributed by atoms with Crippen LogP contribution < -0.4 is 5.32 Å². The van der Waals surface area contributed by atoms with Crippen molar-refractivity contribution in [3.8, 4) is 0 Å². The van der Waals surface area contributed by atoms with E-state index in [2.05, 4.69) is 35.4 Å². The van der Waals surface area contributed by atoms with Gasteiger partial charge < -0.3 is 20.3 Å². The molecule has 2 aromatic rings. The van der Waals surface area contributed by atoms with Gasteiger partial charge in [-0.2, -0.15) is 0 Å². The zero-order valence-electron chi connectivity index (χ0n) is 12.9. The molecule has 3 N–H and O–H groups in total. The van der Waals surface area contributed by atoms with Crippen molar-refractivity contribution in [3.63, 3.8) is 0 Å². The topological polar surface area (TPSA) is 68.4 Å². The van der Waals surface area contributed by atoms with Gasteiger partial charge in [0.25, 0.3) is 0 Å². The molecule has 1 aliphatic rings. The summed E-state index contributed by atoms with van der Waals surface area (Å²) in [6.07, 6.45) is 4.68. The number of aryl methyl sites for hydroxylation is 1. The van der Waals surface area contributed by atoms with Crippen LogP contribution in [0, 0.1) is 6.92 Å². The summed E-state index contributed by atoms with van der Waals surface area (Å²) in [5, 5.41) is 13.5. The van der Waals surface area contributed by atoms with Crippen LogP contribution in [-0.4, -0.2) is 46.8 Å². The van der Waals surface area contributed by atoms with Crippen molar-refractivity contribution in [1.82, 2.24) is 15.2 Å². The highest BCUT2D eigenvalue weighted by Gasteiger charge is 2.27. The van der Waals surface area contributed by atoms with E-state index in [-0.39, 0.29) is 18.7 Å². The fourth-order valence-electron chi connectivity index (χ4n) is 3.21. The van der Waals surface area contributed by atoms with E-state index in [9.17, 15) is 9.90 Å². The van der Waals surface area contributed by atoms with Crippen LogP contribution in [0.1, 0.15) is 24.0 Å². The number of aromatic nitrogens is 1. The van der Waals surface area contributed by atoms with Crippen molar-refractivity contribution in [2.24, 2.45) is 0 Å². The molecule has 1 atom stereocenters. The molecule has 1 fully saturated rings. The first-order valence-corrected chi connectivity index (χ1v) is 7.91. The number of nitrogens with one attached hydrogen (secondary N) is 2. The standard InChI is InChI=1S/C17H23N3O2/c1-12-4-5-15-13(10-19-16(15)9-12)6-7-18-17(22)20-8-2-3-14(20)11-21/h4-5,9-10,14,19,21H,2-3,6-8,11H2,1H3,(H,18,22). The Morgan fingerprint density at radius 1 is 1.50 bits per heavy atom. The minimum atomic E-state index is -0.0627. The number of amides is 2. The number of rotatable bonds is 4. The van der Waals surface area contributed by atoms with Gasteiger partial charge in [0.1, 0.15) is 0 Å². The molecule has 0 radical (unpaired) electrons. The van der Waals surface area contributed by atoms with Crippen LogP contribution >= 0.6 is 0 Å². The lowest BCUT2D eigenvalue weighted by Gasteiger charge is -2.23. The van der Waals surface area contributed by atoms with Crippen molar-refractivity contribution >= 4 is 16.9 Å². The molecule has 1 aromatic heterocycles. The maximum Gasteiger partial charge on any atom is 0.317 e. The predicted octanol–water partition coefficient (Wildman–Crippen LogP) is 2.19. The number of hydrogen-bond acceptors (Lipinski definition) is 2. The lowest BCUT2D eigenvalue weighted by Crippen LogP contribution is -2.44. The number of benzene rings is 1. The molecule has 0 aliphatic carbocycles. The Bertz CT molecular complexity index is 665. The summed E-state index contributed by atoms with van der Waals surface area (Å²) in [4.78, 5) is 17.2. The molecule has 0 spiro atoms. The Balaban J connectivity index is 1.57. The second-order valence-electron chi connectivity index (χ2n) is 6.02. The van der Waals surface area contributed by atoms with E-state index in [1.165, 1.54) is 16.5 Å². The van der Waals surface area contributed by atoms with Gasteiger partial charge in [-0.3, -0.25) is 0 Å². The van der Waals surface area contributed by atoms with Crippen LogP contribution in [0.4, 0.5) is 4.79 Å². The third kappa shape index (κ3) is 2.95. The minimum absolute atomic E-state index is 0.0175. The molecule has 22 heavy (non-hydrogen) atoms. The fraction of sp³-hybridized carbons (Fsp3) is 0.471. The molecule has 118 valence electrons. The summed E-state index contributed by atoms with van der Waals surface area (Å²) in [6, 6.07) is 6.28. The lowest BCUT2D eigenvalue weighted by atomic mass is 10.1. The van der Waals surface area contributed by atoms with Gasteiger partial charge in [0.2, 0.25) is 0 Å². The zero-order valence-corrected chi connectivity index (χ0v) is 12.9. The number of fused-ring (bicyclic) bond motifs is 1. The Morgan fingerprint density at radius 3 is 3.18 bits per heavy atom. The van der Waals surface area contributed by atoms with Crippen LogP contribution in [0.15, 0.2) is 24.4 Å². The highest BCUT2D eigenvalue weighted by atomic mass is 16.3. The molecule has 2 amide bonds. The number of nitrogens with zero attached hydrogens (tertiary/aromatic N) is 1. The Labute approximate surface area is 130 Å². The largest absolute Gasteiger partial charge is 0.394 e. The van der Waals surface area contributed by atoms with Gasteiger partial charge in [0.05, 0.1) is 12.6 Å². The molecule has 1 aromatic carbocycles. The molecule has 2 heterocycles. The van der Waals surface area contributed by atoms with Crippen LogP contribution in [0.5, 0.6) is 0 Å². The number of urea groups is 1. The van der Waals surface area contributed by atoms with E-state index in [0.717, 1.165) is 31.3 Å². The SMILES string of the molecule is Cc1ccc2c(CCNC(=O)N3CCCC3CO)c[nH]c2c1. The molecule has 1 unspecified atom stereocenters. The van der Waals surface area contributed by atoms with Crippen molar-refractivity contribution < 1.29 is 9.90 Å². The van der Waals surface area contributed by atoms with E-state index in [0.29, 0.717) is 6.54 Å². The van der Waals surface area contributed by atoms with Gasteiger partial charge in [-0.25, -0.2) is 4.79 Å². The summed E-state index contributed by atoms with van der Waals surface area (Å²) >= 11 is 0. The minimum Gasteiger partial charge on any atom is -0.394 e. The summed E-state index contributed by atoms with van der Waals surface area (Å²) < 4.78 is 0. The second kappa shape index (κ2) is 6.40. The summed E-state index contributed by atoms with van der Waals surface area (Å²) in [5.41, 5.74) is 3.59. The normalized spacial score (nSPS) is 18.1. The van der Waals surface area contributed by atoms with Crippen LogP contribution in [0.2, 0.25) is 0 Å². The lowest BCUT2D eigenvalue weighted by molar-refractivity contribution is 0.157. The molecule has 1 saturated heterocycles. The van der Waals surface area contributed by atoms with E-state index < -0.39 is 0 Å². The van der Waals surface area contributed by atoms with Gasteiger partial charge in [0, 0.05) is 30.2 Å². The van der Waals surface area contributed by atoms with Gasteiger partial charge >= 0.3 is 6.03 Å². The molecule has 3 rings (SSSR count). The van der Waals surface area contributed by atoms with Crippen LogP contribution in [0.3, 0.4) is 0 Å². The highest BCUT2D eigenvalue weighted by molar-refractivity contribution is 5.84. The first-order chi connectivity index (χ1) is 10.7. The second-order valence-corrected chi connectivity index (χ2v) is 6.02. The maximum atomic E-state index is 12.1. The van der Waals surface area contributed by atoms with E-state index in [4.69, 9.17) is 0 Å². The van der Waals surface area contributed by atoms with Crippen molar-refractivity contribution in [3.05, 3.63) is 35.5 Å². The maximum absolute atomic E-state index is 12.1. The number of aromatic amines is 1. The third-order valence-electron chi connectivity index (χ3n) is 4.44. The summed E-state index contributed by atoms with van der Waals surface area (Å²) in [7, 11) is 0. The van der Waals surface area contributed by atoms with Crippen LogP contribution in [-0.2, 0) is 6.42 Å². The number of hydrogen-bond donors (Lipinski definition) is 3. The Hall–Kier alpha value is -2.01. The van der Waals surface area contributed by atoms with E-state index in [1.54, 1.807) is 4.90 Å². The first kappa shape index (κ1) is 14.9. The van der Waals surface area contributed by atoms with E-state index in [1.807, 2.05) is 6.20 Å². The molecule has 0 bridgehead atoms. The number of likely N-dealkylation sites (tertiary alicyclic amines) is 1. The molecule has 1 aliphatic heterocycles. The number of aliphatic hydroxyl groups excluding tert-OH is 1. The average molecular weight is 301 g/mol. The average Bonchev–Trinajstić information content (AvgIpc) is 3.13. The van der Waals surface area contributed by atoms with E-state index >= 15 is 0 Å². The van der Waals surface area contributed by atoms with Crippen LogP contribution in [0.25, 0.3) is 10.9 Å². The Morgan fingerprint density at radius 2 is 2.36 bits per heavy atom. The number of aliphatic hydroxyl groups is 1. The molecule has 5 nitrogen and oxygen atoms in total. The van der Waals surface area contributed by atoms with Crippen molar-refractivity contribution in [2.75, 3.05) is 19.7 Å². The van der Waals surface area contributed by atoms with Gasteiger partial charge in [-0.1, -0.05) is 12.1 Å². The Kier molecular flexibility index (Phi) is 4.34. The third-order valence-corrected chi connectivity index (χ3v) is 4.44. The monoisotopic (exact) mass is 301 g/mol. The predicted molar refractivity (Wildman–Crippen MR) is 87.0 cm³/mol. The number of carbonyl (C=O) groups excluding carboxylic acids is 1. The molecular weight excluding hydrogens is 278 g/mol. The van der Waals surface area contributed by atoms with Crippen molar-refractivity contribution in [2.45, 2.75) is 32.2 Å². The van der Waals surface area contributed by atoms with Gasteiger partial charge in [0.15, 0.2) is 0 Å². The number of carbonyl (C=O) groups is 1. The fourth-order valence-corrected chi connectivity index (χ4v) is 3.21. The molecule has 5 heteroatoms. The summed E-state index contributed by atoms with van der Waals surface area (Å²) in [5.74, 6) is 0. The van der Waals surface area contributed by atoms with Crippen molar-refractivity contribution in [1.29, 1.82) is 0 Å². The van der Waals surface area contributed by atoms with Gasteiger partial charge in [-0.05, 0) is 43.4 Å². The zero-order chi connectivity index (χ0) is 15.5. The quantitative estimate of drug-likeness (QED) is 0.810. The smallest absolute Gasteiger partial charge is 0.317 e. The highest BCUT2D eigenvalue weighted by Crippen LogP contribution is 2.20. The molecular formula is C17H23N3O2. The van der Waals surface area contributed by atoms with Gasteiger partial charge in [-0.15, -0.1) is 0 Å². The first-order valence-electron chi connectivity index (χ1n) is 7.91. The molecule has 0 saturated carbocycles. The number of H-pyrrole nitrogens is 1. The summed E-state index contributed by atoms with van der Waals surface area (Å²) in [6.45, 7) is 3.47.